The normalized spacial score (nSPS) is 21.5. The van der Waals surface area contributed by atoms with Gasteiger partial charge in [-0.05, 0) is 51.7 Å². The van der Waals surface area contributed by atoms with Crippen molar-refractivity contribution in [3.63, 3.8) is 0 Å². The van der Waals surface area contributed by atoms with Gasteiger partial charge in [0.05, 0.1) is 12.8 Å². The van der Waals surface area contributed by atoms with E-state index in [2.05, 4.69) is 21.5 Å². The van der Waals surface area contributed by atoms with E-state index in [4.69, 9.17) is 12.2 Å². The van der Waals surface area contributed by atoms with Gasteiger partial charge in [-0.25, -0.2) is 4.68 Å². The van der Waals surface area contributed by atoms with Crippen LogP contribution < -0.4 is 0 Å². The monoisotopic (exact) mass is 298 g/mol. The van der Waals surface area contributed by atoms with E-state index in [1.807, 2.05) is 18.5 Å². The lowest BCUT2D eigenvalue weighted by molar-refractivity contribution is 0.114. The molecule has 1 aromatic heterocycles. The summed E-state index contributed by atoms with van der Waals surface area (Å²) in [5, 5.41) is 14.2. The Morgan fingerprint density at radius 3 is 2.90 bits per heavy atom. The molecule has 5 nitrogen and oxygen atoms in total. The number of aromatic nitrogens is 3. The Morgan fingerprint density at radius 2 is 2.25 bits per heavy atom. The summed E-state index contributed by atoms with van der Waals surface area (Å²) in [5.74, 6) is 0.989. The van der Waals surface area contributed by atoms with E-state index in [0.717, 1.165) is 49.6 Å². The van der Waals surface area contributed by atoms with Crippen LogP contribution in [-0.2, 0) is 13.2 Å². The van der Waals surface area contributed by atoms with Crippen LogP contribution in [-0.4, -0.2) is 43.0 Å². The van der Waals surface area contributed by atoms with Gasteiger partial charge in [0.15, 0.2) is 4.77 Å². The lowest BCUT2D eigenvalue weighted by Crippen LogP contribution is -2.34. The highest BCUT2D eigenvalue weighted by atomic mass is 32.1. The van der Waals surface area contributed by atoms with Crippen LogP contribution in [0.15, 0.2) is 0 Å². The standard InChI is InChI=1S/C14H26N4OS/c1-4-7-17-12(3)15-18(14(17)20)10-16-8-5-6-13(16)9-11(2)19/h11,13,19H,4-10H2,1-3H3. The number of rotatable bonds is 6. The molecule has 0 bridgehead atoms. The van der Waals surface area contributed by atoms with Gasteiger partial charge in [0.2, 0.25) is 0 Å². The number of aryl methyl sites for hydroxylation is 1. The molecular weight excluding hydrogens is 272 g/mol. The minimum atomic E-state index is -0.243. The zero-order valence-corrected chi connectivity index (χ0v) is 13.6. The molecule has 1 aromatic rings. The first-order valence-corrected chi connectivity index (χ1v) is 8.00. The maximum absolute atomic E-state index is 9.60. The summed E-state index contributed by atoms with van der Waals surface area (Å²) in [5.41, 5.74) is 0. The molecule has 1 fully saturated rings. The molecule has 0 saturated carbocycles. The SMILES string of the molecule is CCCn1c(C)nn(CN2CCCC2CC(C)O)c1=S. The van der Waals surface area contributed by atoms with E-state index in [9.17, 15) is 5.11 Å². The highest BCUT2D eigenvalue weighted by Gasteiger charge is 2.26. The molecular formula is C14H26N4OS. The minimum absolute atomic E-state index is 0.243. The van der Waals surface area contributed by atoms with Crippen molar-refractivity contribution in [2.45, 2.75) is 71.8 Å². The van der Waals surface area contributed by atoms with Crippen LogP contribution in [0.4, 0.5) is 0 Å². The molecule has 2 atom stereocenters. The Hall–Kier alpha value is -0.720. The lowest BCUT2D eigenvalue weighted by Gasteiger charge is -2.25. The molecule has 0 aromatic carbocycles. The van der Waals surface area contributed by atoms with Gasteiger partial charge in [0.25, 0.3) is 0 Å². The lowest BCUT2D eigenvalue weighted by atomic mass is 10.1. The van der Waals surface area contributed by atoms with Crippen molar-refractivity contribution in [3.05, 3.63) is 10.6 Å². The van der Waals surface area contributed by atoms with Crippen LogP contribution in [0.5, 0.6) is 0 Å². The van der Waals surface area contributed by atoms with Crippen LogP contribution in [0.25, 0.3) is 0 Å². The third-order valence-corrected chi connectivity index (χ3v) is 4.41. The topological polar surface area (TPSA) is 46.2 Å². The number of aliphatic hydroxyl groups excluding tert-OH is 1. The van der Waals surface area contributed by atoms with Crippen molar-refractivity contribution in [1.29, 1.82) is 0 Å². The summed E-state index contributed by atoms with van der Waals surface area (Å²) in [6, 6.07) is 0.452. The number of nitrogens with zero attached hydrogens (tertiary/aromatic N) is 4. The fraction of sp³-hybridized carbons (Fsp3) is 0.857. The second-order valence-corrected chi connectivity index (χ2v) is 6.18. The summed E-state index contributed by atoms with van der Waals surface area (Å²) in [7, 11) is 0. The van der Waals surface area contributed by atoms with Crippen LogP contribution in [0, 0.1) is 11.7 Å². The minimum Gasteiger partial charge on any atom is -0.393 e. The van der Waals surface area contributed by atoms with Gasteiger partial charge in [0.1, 0.15) is 5.82 Å². The van der Waals surface area contributed by atoms with Gasteiger partial charge in [-0.1, -0.05) is 6.92 Å². The third-order valence-electron chi connectivity index (χ3n) is 3.98. The zero-order valence-electron chi connectivity index (χ0n) is 12.7. The Bertz CT molecular complexity index is 494. The fourth-order valence-corrected chi connectivity index (χ4v) is 3.36. The number of aliphatic hydroxyl groups is 1. The molecule has 1 aliphatic heterocycles. The van der Waals surface area contributed by atoms with Crippen molar-refractivity contribution >= 4 is 12.2 Å². The zero-order chi connectivity index (χ0) is 14.7. The molecule has 1 aliphatic rings. The number of hydrogen-bond acceptors (Lipinski definition) is 4. The molecule has 1 N–H and O–H groups in total. The molecule has 114 valence electrons. The third kappa shape index (κ3) is 3.48. The average Bonchev–Trinajstić information content (AvgIpc) is 2.90. The molecule has 2 rings (SSSR count). The number of likely N-dealkylation sites (tertiary alicyclic amines) is 1. The maximum Gasteiger partial charge on any atom is 0.199 e. The molecule has 6 heteroatoms. The molecule has 2 heterocycles. The summed E-state index contributed by atoms with van der Waals surface area (Å²) < 4.78 is 4.85. The van der Waals surface area contributed by atoms with E-state index >= 15 is 0 Å². The van der Waals surface area contributed by atoms with Crippen LogP contribution in [0.1, 0.15) is 45.4 Å². The van der Waals surface area contributed by atoms with Crippen molar-refractivity contribution in [1.82, 2.24) is 19.2 Å². The predicted octanol–water partition coefficient (Wildman–Crippen LogP) is 2.33. The van der Waals surface area contributed by atoms with Gasteiger partial charge in [0, 0.05) is 19.1 Å². The molecule has 0 radical (unpaired) electrons. The Balaban J connectivity index is 2.09. The van der Waals surface area contributed by atoms with Crippen molar-refractivity contribution < 1.29 is 5.11 Å². The van der Waals surface area contributed by atoms with Gasteiger partial charge in [-0.3, -0.25) is 4.90 Å². The second-order valence-electron chi connectivity index (χ2n) is 5.82. The van der Waals surface area contributed by atoms with Crippen LogP contribution in [0.3, 0.4) is 0 Å². The summed E-state index contributed by atoms with van der Waals surface area (Å²) in [6.45, 7) is 8.77. The average molecular weight is 298 g/mol. The van der Waals surface area contributed by atoms with Crippen molar-refractivity contribution in [3.8, 4) is 0 Å². The summed E-state index contributed by atoms with van der Waals surface area (Å²) >= 11 is 5.53. The van der Waals surface area contributed by atoms with Crippen LogP contribution in [0.2, 0.25) is 0 Å². The van der Waals surface area contributed by atoms with Gasteiger partial charge in [-0.2, -0.15) is 5.10 Å². The van der Waals surface area contributed by atoms with E-state index in [-0.39, 0.29) is 6.10 Å². The van der Waals surface area contributed by atoms with Gasteiger partial charge in [-0.15, -0.1) is 0 Å². The van der Waals surface area contributed by atoms with Crippen molar-refractivity contribution in [2.24, 2.45) is 0 Å². The highest BCUT2D eigenvalue weighted by Crippen LogP contribution is 2.22. The van der Waals surface area contributed by atoms with E-state index in [0.29, 0.717) is 6.04 Å². The first-order valence-electron chi connectivity index (χ1n) is 7.59. The van der Waals surface area contributed by atoms with Crippen LogP contribution >= 0.6 is 12.2 Å². The summed E-state index contributed by atoms with van der Waals surface area (Å²) in [4.78, 5) is 2.39. The van der Waals surface area contributed by atoms with E-state index in [1.165, 1.54) is 6.42 Å². The predicted molar refractivity (Wildman–Crippen MR) is 82.1 cm³/mol. The molecule has 0 amide bonds. The molecule has 2 unspecified atom stereocenters. The molecule has 0 spiro atoms. The second kappa shape index (κ2) is 6.83. The van der Waals surface area contributed by atoms with E-state index in [1.54, 1.807) is 0 Å². The first kappa shape index (κ1) is 15.7. The van der Waals surface area contributed by atoms with Gasteiger partial charge < -0.3 is 9.67 Å². The Kier molecular flexibility index (Phi) is 5.35. The molecule has 0 aliphatic carbocycles. The maximum atomic E-state index is 9.60. The summed E-state index contributed by atoms with van der Waals surface area (Å²) in [6.07, 6.45) is 4.01. The fourth-order valence-electron chi connectivity index (χ4n) is 3.04. The van der Waals surface area contributed by atoms with Gasteiger partial charge >= 0.3 is 0 Å². The Labute approximate surface area is 126 Å². The molecule has 20 heavy (non-hydrogen) atoms. The first-order chi connectivity index (χ1) is 9.52. The Morgan fingerprint density at radius 1 is 1.50 bits per heavy atom. The largest absolute Gasteiger partial charge is 0.393 e. The smallest absolute Gasteiger partial charge is 0.199 e. The number of hydrogen-bond donors (Lipinski definition) is 1. The quantitative estimate of drug-likeness (QED) is 0.819. The van der Waals surface area contributed by atoms with E-state index < -0.39 is 0 Å². The molecule has 1 saturated heterocycles. The highest BCUT2D eigenvalue weighted by molar-refractivity contribution is 7.71. The van der Waals surface area contributed by atoms with Crippen molar-refractivity contribution in [2.75, 3.05) is 6.54 Å².